The highest BCUT2D eigenvalue weighted by molar-refractivity contribution is 6.20. The van der Waals surface area contributed by atoms with E-state index in [1.165, 1.54) is 98.2 Å². The van der Waals surface area contributed by atoms with E-state index in [9.17, 15) is 0 Å². The normalized spacial score (nSPS) is 23.6. The summed E-state index contributed by atoms with van der Waals surface area (Å²) in [6, 6.07) is 27.4. The highest BCUT2D eigenvalue weighted by atomic mass is 15.7. The molecule has 10 aliphatic rings. The maximum Gasteiger partial charge on any atom is 0.668 e. The molecule has 238 valence electrons. The first-order valence-electron chi connectivity index (χ1n) is 18.7. The summed E-state index contributed by atoms with van der Waals surface area (Å²) in [5, 5.41) is 9.76. The molecule has 2 atom stereocenters. The van der Waals surface area contributed by atoms with E-state index in [1.807, 2.05) is 0 Å². The topological polar surface area (TPSA) is 57.2 Å². The average Bonchev–Trinajstić information content (AvgIpc) is 4.06. The number of rotatable bonds is 0. The molecule has 19 rings (SSSR count). The van der Waals surface area contributed by atoms with Crippen molar-refractivity contribution < 1.29 is 27.4 Å². The molecular formula is C44H18N10+6. The molecule has 0 radical (unpaired) electrons. The minimum absolute atomic E-state index is 0.782. The molecule has 5 aromatic heterocycles. The molecule has 0 bridgehead atoms. The lowest BCUT2D eigenvalue weighted by Crippen LogP contribution is -2.86. The largest absolute Gasteiger partial charge is 0.668 e. The lowest BCUT2D eigenvalue weighted by Gasteiger charge is -2.27. The van der Waals surface area contributed by atoms with Crippen LogP contribution in [0.3, 0.4) is 0 Å². The van der Waals surface area contributed by atoms with E-state index in [0.29, 0.717) is 0 Å². The van der Waals surface area contributed by atoms with Gasteiger partial charge in [-0.2, -0.15) is 9.13 Å². The predicted molar refractivity (Wildman–Crippen MR) is 193 cm³/mol. The molecular weight excluding hydrogens is 669 g/mol. The van der Waals surface area contributed by atoms with Crippen LogP contribution in [0, 0.1) is 21.1 Å². The van der Waals surface area contributed by atoms with Crippen molar-refractivity contribution in [3.8, 4) is 0 Å². The van der Waals surface area contributed by atoms with E-state index in [-0.39, 0.29) is 0 Å². The molecule has 54 heavy (non-hydrogen) atoms. The van der Waals surface area contributed by atoms with Gasteiger partial charge < -0.3 is 0 Å². The molecule has 0 unspecified atom stereocenters. The number of nitrogens with zero attached hydrogens (tertiary/aromatic N) is 10. The van der Waals surface area contributed by atoms with Gasteiger partial charge in [0.2, 0.25) is 22.8 Å². The second-order valence-electron chi connectivity index (χ2n) is 16.3. The van der Waals surface area contributed by atoms with Gasteiger partial charge in [0.1, 0.15) is 21.5 Å². The van der Waals surface area contributed by atoms with E-state index >= 15 is 0 Å². The summed E-state index contributed by atoms with van der Waals surface area (Å²) in [5.41, 5.74) is 18.2. The van der Waals surface area contributed by atoms with Crippen LogP contribution in [0.1, 0.15) is 0 Å². The molecule has 15 heterocycles. The highest BCUT2D eigenvalue weighted by Gasteiger charge is 2.84. The number of para-hydroxylation sites is 2. The van der Waals surface area contributed by atoms with E-state index in [0.717, 1.165) is 33.1 Å². The zero-order chi connectivity index (χ0) is 33.6. The zero-order valence-corrected chi connectivity index (χ0v) is 27.9. The fraction of sp³-hybridized carbons (Fsp3) is 0.0455. The van der Waals surface area contributed by atoms with Gasteiger partial charge in [-0.3, -0.25) is 0 Å². The summed E-state index contributed by atoms with van der Waals surface area (Å²) < 4.78 is 21.2. The molecule has 0 saturated heterocycles. The molecule has 0 N–H and O–H groups in total. The van der Waals surface area contributed by atoms with Crippen LogP contribution in [0.4, 0.5) is 0 Å². The zero-order valence-electron chi connectivity index (χ0n) is 27.9. The molecule has 9 aromatic rings. The van der Waals surface area contributed by atoms with Crippen LogP contribution in [0.2, 0.25) is 0 Å². The van der Waals surface area contributed by atoms with Crippen LogP contribution < -0.4 is 39.4 Å². The summed E-state index contributed by atoms with van der Waals surface area (Å²) in [6.07, 6.45) is 14.0. The van der Waals surface area contributed by atoms with Gasteiger partial charge in [0, 0.05) is 36.5 Å². The van der Waals surface area contributed by atoms with Gasteiger partial charge in [-0.15, -0.1) is 0 Å². The Bertz CT molecular complexity index is 4540. The van der Waals surface area contributed by atoms with E-state index in [4.69, 9.17) is 9.97 Å². The first-order valence-corrected chi connectivity index (χ1v) is 18.7. The van der Waals surface area contributed by atoms with Crippen molar-refractivity contribution in [3.05, 3.63) is 139 Å². The fourth-order valence-electron chi connectivity index (χ4n) is 13.1. The molecule has 0 aliphatic carbocycles. The Morgan fingerprint density at radius 2 is 0.907 bits per heavy atom. The minimum Gasteiger partial charge on any atom is -0.232 e. The van der Waals surface area contributed by atoms with Crippen molar-refractivity contribution in [2.75, 3.05) is 0 Å². The van der Waals surface area contributed by atoms with E-state index in [2.05, 4.69) is 146 Å². The highest BCUT2D eigenvalue weighted by Crippen LogP contribution is 2.45. The first-order chi connectivity index (χ1) is 26.8. The van der Waals surface area contributed by atoms with Gasteiger partial charge >= 0.3 is 44.9 Å². The summed E-state index contributed by atoms with van der Waals surface area (Å²) in [4.78, 5) is 11.4. The lowest BCUT2D eigenvalue weighted by molar-refractivity contribution is -1.09. The maximum absolute atomic E-state index is 5.71. The SMILES string of the molecule is C1=CC2=[N+]3C1=c1cccc4nc5c6nc7cccc8c7[n+]7c6c6c9c5[n+](c14)[C@]31n3c(ccc3=c3ccc4c(c3[n+]91)[n+]6[C@]71n3c(ccc3=8)=CC3=[N+]1C=4C=C3)=C2. The third kappa shape index (κ3) is 1.66. The quantitative estimate of drug-likeness (QED) is 0.119. The van der Waals surface area contributed by atoms with Gasteiger partial charge in [-0.25, -0.2) is 9.97 Å². The summed E-state index contributed by atoms with van der Waals surface area (Å²) in [7, 11) is 0. The second-order valence-corrected chi connectivity index (χ2v) is 16.3. The van der Waals surface area contributed by atoms with Crippen molar-refractivity contribution in [1.82, 2.24) is 19.1 Å². The summed E-state index contributed by atoms with van der Waals surface area (Å²) >= 11 is 0. The first kappa shape index (κ1) is 23.2. The van der Waals surface area contributed by atoms with Gasteiger partial charge in [0.05, 0.1) is 31.8 Å². The minimum atomic E-state index is -0.782. The average molecular weight is 687 g/mol. The van der Waals surface area contributed by atoms with Gasteiger partial charge in [0.25, 0.3) is 11.0 Å². The van der Waals surface area contributed by atoms with Crippen LogP contribution >= 0.6 is 0 Å². The molecule has 10 nitrogen and oxygen atoms in total. The van der Waals surface area contributed by atoms with E-state index in [1.54, 1.807) is 0 Å². The Kier molecular flexibility index (Phi) is 2.67. The van der Waals surface area contributed by atoms with Crippen molar-refractivity contribution in [2.24, 2.45) is 0 Å². The third-order valence-electron chi connectivity index (χ3n) is 14.5. The molecule has 2 spiro atoms. The Morgan fingerprint density at radius 3 is 1.52 bits per heavy atom. The standard InChI is InChI=1S/C44H18N10/c1-3-23-29-13-7-19-17-21-9-15-31-25-11-12-26-32-16-10-22-18-20-8-14-30-24-4-2-6-28-36(24)52-40-34(46-28)33-39-41-42(40)54(44(52,48(20)30)50(22)32)38(26)37(25)53(41)43(47(19)29,49(21)31)51(39)35(23)27(5-1)45-33/h1-18H/q+6/t43-,44+. The predicted octanol–water partition coefficient (Wildman–Crippen LogP) is -0.816. The summed E-state index contributed by atoms with van der Waals surface area (Å²) in [6.45, 7) is 0. The monoisotopic (exact) mass is 686 g/mol. The molecule has 4 aromatic carbocycles. The van der Waals surface area contributed by atoms with Crippen LogP contribution in [0.25, 0.3) is 89.7 Å². The van der Waals surface area contributed by atoms with Gasteiger partial charge in [-0.1, -0.05) is 12.1 Å². The number of hydrogen-bond acceptors (Lipinski definition) is 2. The van der Waals surface area contributed by atoms with Crippen molar-refractivity contribution in [3.63, 3.8) is 0 Å². The Labute approximate surface area is 298 Å². The number of hydrogen-bond donors (Lipinski definition) is 0. The van der Waals surface area contributed by atoms with Crippen LogP contribution in [0.5, 0.6) is 0 Å². The Morgan fingerprint density at radius 1 is 0.426 bits per heavy atom. The number of fused-ring (bicyclic) bond motifs is 1. The summed E-state index contributed by atoms with van der Waals surface area (Å²) in [5.74, 6) is -1.56. The molecule has 10 aliphatic heterocycles. The molecule has 0 fully saturated rings. The van der Waals surface area contributed by atoms with Crippen LogP contribution in [-0.4, -0.2) is 39.7 Å². The van der Waals surface area contributed by atoms with Gasteiger partial charge in [-0.05, 0) is 88.1 Å². The fourth-order valence-corrected chi connectivity index (χ4v) is 13.1. The number of aromatic nitrogens is 8. The Hall–Kier alpha value is -7.46. The maximum atomic E-state index is 5.71. The van der Waals surface area contributed by atoms with Crippen molar-refractivity contribution in [1.29, 1.82) is 0 Å². The van der Waals surface area contributed by atoms with Crippen molar-refractivity contribution in [2.45, 2.75) is 11.8 Å². The Balaban J connectivity index is 1.31. The second kappa shape index (κ2) is 6.22. The third-order valence-corrected chi connectivity index (χ3v) is 14.5. The lowest BCUT2D eigenvalue weighted by atomic mass is 10.1. The van der Waals surface area contributed by atoms with E-state index < -0.39 is 11.8 Å². The number of benzene rings is 4. The molecule has 10 heteroatoms. The van der Waals surface area contributed by atoms with Crippen molar-refractivity contribution >= 4 is 101 Å². The van der Waals surface area contributed by atoms with Crippen LogP contribution in [0.15, 0.2) is 97.1 Å². The van der Waals surface area contributed by atoms with Gasteiger partial charge in [0.15, 0.2) is 11.0 Å². The molecule has 0 saturated carbocycles. The molecule has 0 amide bonds. The smallest absolute Gasteiger partial charge is 0.232 e. The number of allylic oxidation sites excluding steroid dienone is 2. The van der Waals surface area contributed by atoms with Crippen LogP contribution in [-0.2, 0) is 11.8 Å².